The third-order valence-corrected chi connectivity index (χ3v) is 4.98. The third kappa shape index (κ3) is 1.56. The van der Waals surface area contributed by atoms with Crippen molar-refractivity contribution in [1.82, 2.24) is 0 Å². The molecular weight excluding hydrogens is 184 g/mol. The van der Waals surface area contributed by atoms with E-state index in [1.165, 1.54) is 12.0 Å². The zero-order valence-corrected chi connectivity index (χ0v) is 10.3. The van der Waals surface area contributed by atoms with Gasteiger partial charge in [0.15, 0.2) is 5.78 Å². The number of fused-ring (bicyclic) bond motifs is 1. The van der Waals surface area contributed by atoms with Gasteiger partial charge in [0.25, 0.3) is 0 Å². The van der Waals surface area contributed by atoms with Crippen molar-refractivity contribution in [3.8, 4) is 0 Å². The van der Waals surface area contributed by atoms with Crippen LogP contribution in [0.2, 0.25) is 0 Å². The SMILES string of the molecule is CC1CC(C)C(C)C2(C)CCC(=O)C=C12. The van der Waals surface area contributed by atoms with Crippen molar-refractivity contribution in [2.24, 2.45) is 23.2 Å². The van der Waals surface area contributed by atoms with E-state index < -0.39 is 0 Å². The van der Waals surface area contributed by atoms with E-state index in [0.717, 1.165) is 18.8 Å². The van der Waals surface area contributed by atoms with Crippen LogP contribution in [-0.2, 0) is 4.79 Å². The molecule has 84 valence electrons. The number of carbonyl (C=O) groups excluding carboxylic acids is 1. The van der Waals surface area contributed by atoms with Crippen molar-refractivity contribution in [2.45, 2.75) is 47.0 Å². The van der Waals surface area contributed by atoms with Gasteiger partial charge in [-0.2, -0.15) is 0 Å². The Morgan fingerprint density at radius 3 is 2.67 bits per heavy atom. The molecule has 1 heteroatoms. The Hall–Kier alpha value is -0.590. The van der Waals surface area contributed by atoms with E-state index in [9.17, 15) is 4.79 Å². The molecule has 0 radical (unpaired) electrons. The Labute approximate surface area is 92.9 Å². The number of carbonyl (C=O) groups is 1. The largest absolute Gasteiger partial charge is 0.295 e. The molecule has 0 saturated heterocycles. The average molecular weight is 206 g/mol. The summed E-state index contributed by atoms with van der Waals surface area (Å²) in [6, 6.07) is 0. The van der Waals surface area contributed by atoms with Gasteiger partial charge < -0.3 is 0 Å². The van der Waals surface area contributed by atoms with Crippen molar-refractivity contribution >= 4 is 5.78 Å². The fourth-order valence-electron chi connectivity index (χ4n) is 3.65. The Kier molecular flexibility index (Phi) is 2.52. The lowest BCUT2D eigenvalue weighted by Crippen LogP contribution is -2.42. The molecule has 0 aromatic heterocycles. The Morgan fingerprint density at radius 2 is 2.00 bits per heavy atom. The summed E-state index contributed by atoms with van der Waals surface area (Å²) >= 11 is 0. The normalized spacial score (nSPS) is 46.0. The molecule has 15 heavy (non-hydrogen) atoms. The first-order chi connectivity index (χ1) is 6.95. The Bertz CT molecular complexity index is 315. The van der Waals surface area contributed by atoms with Gasteiger partial charge >= 0.3 is 0 Å². The molecule has 4 unspecified atom stereocenters. The van der Waals surface area contributed by atoms with E-state index in [0.29, 0.717) is 23.0 Å². The van der Waals surface area contributed by atoms with Crippen LogP contribution in [-0.4, -0.2) is 5.78 Å². The van der Waals surface area contributed by atoms with Crippen LogP contribution in [0.15, 0.2) is 11.6 Å². The summed E-state index contributed by atoms with van der Waals surface area (Å²) in [5.74, 6) is 2.45. The maximum Gasteiger partial charge on any atom is 0.155 e. The summed E-state index contributed by atoms with van der Waals surface area (Å²) in [7, 11) is 0. The fraction of sp³-hybridized carbons (Fsp3) is 0.786. The van der Waals surface area contributed by atoms with Crippen LogP contribution in [0.4, 0.5) is 0 Å². The Morgan fingerprint density at radius 1 is 1.33 bits per heavy atom. The lowest BCUT2D eigenvalue weighted by molar-refractivity contribution is -0.116. The van der Waals surface area contributed by atoms with Gasteiger partial charge in [-0.05, 0) is 42.1 Å². The molecule has 0 N–H and O–H groups in total. The molecule has 0 heterocycles. The van der Waals surface area contributed by atoms with Crippen molar-refractivity contribution in [1.29, 1.82) is 0 Å². The molecule has 0 aromatic carbocycles. The lowest BCUT2D eigenvalue weighted by atomic mass is 9.54. The second-order valence-electron chi connectivity index (χ2n) is 5.89. The fourth-order valence-corrected chi connectivity index (χ4v) is 3.65. The van der Waals surface area contributed by atoms with Crippen molar-refractivity contribution in [3.63, 3.8) is 0 Å². The van der Waals surface area contributed by atoms with Crippen LogP contribution in [0.1, 0.15) is 47.0 Å². The summed E-state index contributed by atoms with van der Waals surface area (Å²) in [5.41, 5.74) is 1.73. The molecule has 0 aromatic rings. The highest BCUT2D eigenvalue weighted by molar-refractivity contribution is 5.91. The molecular formula is C14H22O. The quantitative estimate of drug-likeness (QED) is 0.592. The maximum absolute atomic E-state index is 11.5. The van der Waals surface area contributed by atoms with Crippen molar-refractivity contribution in [3.05, 3.63) is 11.6 Å². The third-order valence-electron chi connectivity index (χ3n) is 4.98. The number of hydrogen-bond acceptors (Lipinski definition) is 1. The monoisotopic (exact) mass is 206 g/mol. The molecule has 4 atom stereocenters. The highest BCUT2D eigenvalue weighted by atomic mass is 16.1. The van der Waals surface area contributed by atoms with E-state index in [1.54, 1.807) is 0 Å². The van der Waals surface area contributed by atoms with Crippen LogP contribution < -0.4 is 0 Å². The van der Waals surface area contributed by atoms with Crippen LogP contribution in [0.25, 0.3) is 0 Å². The van der Waals surface area contributed by atoms with Crippen molar-refractivity contribution in [2.75, 3.05) is 0 Å². The molecule has 1 nitrogen and oxygen atoms in total. The number of rotatable bonds is 0. The van der Waals surface area contributed by atoms with E-state index in [-0.39, 0.29) is 0 Å². The molecule has 0 bridgehead atoms. The van der Waals surface area contributed by atoms with Gasteiger partial charge in [-0.15, -0.1) is 0 Å². The van der Waals surface area contributed by atoms with Crippen LogP contribution in [0.5, 0.6) is 0 Å². The minimum Gasteiger partial charge on any atom is -0.295 e. The van der Waals surface area contributed by atoms with E-state index in [4.69, 9.17) is 0 Å². The predicted molar refractivity (Wildman–Crippen MR) is 62.5 cm³/mol. The summed E-state index contributed by atoms with van der Waals surface area (Å²) < 4.78 is 0. The minimum atomic E-state index is 0.297. The summed E-state index contributed by atoms with van der Waals surface area (Å²) in [4.78, 5) is 11.5. The van der Waals surface area contributed by atoms with Gasteiger partial charge in [-0.1, -0.05) is 33.3 Å². The van der Waals surface area contributed by atoms with Crippen LogP contribution in [0, 0.1) is 23.2 Å². The second kappa shape index (κ2) is 3.47. The average Bonchev–Trinajstić information content (AvgIpc) is 2.18. The topological polar surface area (TPSA) is 17.1 Å². The van der Waals surface area contributed by atoms with E-state index in [1.807, 2.05) is 6.08 Å². The van der Waals surface area contributed by atoms with E-state index >= 15 is 0 Å². The standard InChI is InChI=1S/C14H22O/c1-9-7-10(2)13-8-12(15)5-6-14(13,4)11(9)3/h8-11H,5-7H2,1-4H3. The highest BCUT2D eigenvalue weighted by Gasteiger charge is 2.45. The first-order valence-electron chi connectivity index (χ1n) is 6.20. The molecule has 0 spiro atoms. The number of hydrogen-bond donors (Lipinski definition) is 0. The van der Waals surface area contributed by atoms with Gasteiger partial charge in [-0.25, -0.2) is 0 Å². The van der Waals surface area contributed by atoms with Gasteiger partial charge in [0.2, 0.25) is 0 Å². The molecule has 0 aliphatic heterocycles. The van der Waals surface area contributed by atoms with Gasteiger partial charge in [0, 0.05) is 6.42 Å². The highest BCUT2D eigenvalue weighted by Crippen LogP contribution is 2.54. The lowest BCUT2D eigenvalue weighted by Gasteiger charge is -2.50. The minimum absolute atomic E-state index is 0.297. The van der Waals surface area contributed by atoms with Crippen molar-refractivity contribution < 1.29 is 4.79 Å². The maximum atomic E-state index is 11.5. The zero-order chi connectivity index (χ0) is 11.2. The summed E-state index contributed by atoms with van der Waals surface area (Å²) in [5, 5.41) is 0. The Balaban J connectivity index is 2.42. The van der Waals surface area contributed by atoms with Gasteiger partial charge in [-0.3, -0.25) is 4.79 Å². The van der Waals surface area contributed by atoms with Crippen LogP contribution in [0.3, 0.4) is 0 Å². The summed E-state index contributed by atoms with van der Waals surface area (Å²) in [6.07, 6.45) is 5.02. The molecule has 0 amide bonds. The molecule has 2 rings (SSSR count). The zero-order valence-electron chi connectivity index (χ0n) is 10.3. The first-order valence-corrected chi connectivity index (χ1v) is 6.20. The predicted octanol–water partition coefficient (Wildman–Crippen LogP) is 3.59. The molecule has 2 aliphatic rings. The second-order valence-corrected chi connectivity index (χ2v) is 5.89. The number of ketones is 1. The van der Waals surface area contributed by atoms with Crippen LogP contribution >= 0.6 is 0 Å². The van der Waals surface area contributed by atoms with Gasteiger partial charge in [0.1, 0.15) is 0 Å². The van der Waals surface area contributed by atoms with Gasteiger partial charge in [0.05, 0.1) is 0 Å². The first kappa shape index (κ1) is 10.9. The molecule has 2 aliphatic carbocycles. The smallest absolute Gasteiger partial charge is 0.155 e. The van der Waals surface area contributed by atoms with E-state index in [2.05, 4.69) is 27.7 Å². The molecule has 1 saturated carbocycles. The molecule has 1 fully saturated rings. The summed E-state index contributed by atoms with van der Waals surface area (Å²) in [6.45, 7) is 9.37. The number of allylic oxidation sites excluding steroid dienone is 2.